The standard InChI is InChI=1S/C15H22N2O/c1-12-4-2-3-9-17(12)11-14-7-5-13(6-8-14)10-15(16)18/h5-8,12H,2-4,9-11H2,1H3,(H2,16,18). The Balaban J connectivity index is 1.95. The van der Waals surface area contributed by atoms with Crippen LogP contribution in [0.5, 0.6) is 0 Å². The van der Waals surface area contributed by atoms with E-state index in [2.05, 4.69) is 24.0 Å². The number of carbonyl (C=O) groups is 1. The topological polar surface area (TPSA) is 46.3 Å². The van der Waals surface area contributed by atoms with E-state index in [-0.39, 0.29) is 5.91 Å². The van der Waals surface area contributed by atoms with E-state index in [4.69, 9.17) is 5.73 Å². The van der Waals surface area contributed by atoms with E-state index in [1.54, 1.807) is 0 Å². The average molecular weight is 246 g/mol. The zero-order valence-corrected chi connectivity index (χ0v) is 11.1. The van der Waals surface area contributed by atoms with Crippen molar-refractivity contribution in [3.05, 3.63) is 35.4 Å². The van der Waals surface area contributed by atoms with Crippen molar-refractivity contribution < 1.29 is 4.79 Å². The van der Waals surface area contributed by atoms with Crippen molar-refractivity contribution in [3.63, 3.8) is 0 Å². The van der Waals surface area contributed by atoms with E-state index in [9.17, 15) is 4.79 Å². The molecule has 1 aliphatic heterocycles. The van der Waals surface area contributed by atoms with Crippen LogP contribution in [-0.4, -0.2) is 23.4 Å². The summed E-state index contributed by atoms with van der Waals surface area (Å²) in [5.74, 6) is -0.271. The summed E-state index contributed by atoms with van der Waals surface area (Å²) in [6.07, 6.45) is 4.31. The van der Waals surface area contributed by atoms with Gasteiger partial charge in [-0.3, -0.25) is 9.69 Å². The smallest absolute Gasteiger partial charge is 0.221 e. The number of nitrogens with zero attached hydrogens (tertiary/aromatic N) is 1. The summed E-state index contributed by atoms with van der Waals surface area (Å²) in [7, 11) is 0. The van der Waals surface area contributed by atoms with Gasteiger partial charge in [0.05, 0.1) is 6.42 Å². The molecule has 3 nitrogen and oxygen atoms in total. The molecule has 1 fully saturated rings. The molecular formula is C15H22N2O. The molecule has 1 unspecified atom stereocenters. The molecule has 0 spiro atoms. The number of piperidine rings is 1. The number of benzene rings is 1. The van der Waals surface area contributed by atoms with Crippen molar-refractivity contribution >= 4 is 5.91 Å². The summed E-state index contributed by atoms with van der Waals surface area (Å²) < 4.78 is 0. The van der Waals surface area contributed by atoms with Crippen molar-refractivity contribution in [2.24, 2.45) is 5.73 Å². The van der Waals surface area contributed by atoms with Gasteiger partial charge >= 0.3 is 0 Å². The summed E-state index contributed by atoms with van der Waals surface area (Å²) in [5, 5.41) is 0. The minimum absolute atomic E-state index is 0.271. The van der Waals surface area contributed by atoms with Gasteiger partial charge in [-0.05, 0) is 37.4 Å². The lowest BCUT2D eigenvalue weighted by Gasteiger charge is -2.33. The number of rotatable bonds is 4. The molecule has 18 heavy (non-hydrogen) atoms. The lowest BCUT2D eigenvalue weighted by atomic mass is 10.0. The summed E-state index contributed by atoms with van der Waals surface area (Å²) >= 11 is 0. The van der Waals surface area contributed by atoms with E-state index >= 15 is 0 Å². The maximum Gasteiger partial charge on any atom is 0.221 e. The van der Waals surface area contributed by atoms with E-state index in [1.165, 1.54) is 31.4 Å². The Kier molecular flexibility index (Phi) is 4.37. The molecule has 0 aliphatic carbocycles. The second-order valence-electron chi connectivity index (χ2n) is 5.27. The molecule has 0 saturated carbocycles. The molecule has 2 rings (SSSR count). The molecule has 1 aliphatic rings. The van der Waals surface area contributed by atoms with Crippen LogP contribution in [0.2, 0.25) is 0 Å². The molecule has 2 N–H and O–H groups in total. The van der Waals surface area contributed by atoms with Gasteiger partial charge in [0, 0.05) is 12.6 Å². The quantitative estimate of drug-likeness (QED) is 0.884. The van der Waals surface area contributed by atoms with Crippen LogP contribution < -0.4 is 5.73 Å². The zero-order valence-electron chi connectivity index (χ0n) is 11.1. The summed E-state index contributed by atoms with van der Waals surface area (Å²) in [5.41, 5.74) is 7.50. The Bertz CT molecular complexity index is 399. The van der Waals surface area contributed by atoms with Gasteiger partial charge in [-0.2, -0.15) is 0 Å². The SMILES string of the molecule is CC1CCCCN1Cc1ccc(CC(N)=O)cc1. The van der Waals surface area contributed by atoms with Crippen LogP contribution in [0, 0.1) is 0 Å². The van der Waals surface area contributed by atoms with Crippen LogP contribution in [0.15, 0.2) is 24.3 Å². The first-order valence-electron chi connectivity index (χ1n) is 6.75. The van der Waals surface area contributed by atoms with Gasteiger partial charge in [-0.25, -0.2) is 0 Å². The molecule has 0 bridgehead atoms. The number of nitrogens with two attached hydrogens (primary N) is 1. The van der Waals surface area contributed by atoms with Gasteiger partial charge in [-0.1, -0.05) is 30.7 Å². The predicted octanol–water partition coefficient (Wildman–Crippen LogP) is 2.09. The van der Waals surface area contributed by atoms with E-state index < -0.39 is 0 Å². The Morgan fingerprint density at radius 2 is 1.94 bits per heavy atom. The highest BCUT2D eigenvalue weighted by Crippen LogP contribution is 2.19. The Labute approximate surface area is 109 Å². The maximum atomic E-state index is 10.8. The van der Waals surface area contributed by atoms with Crippen molar-refractivity contribution in [2.45, 2.75) is 45.2 Å². The van der Waals surface area contributed by atoms with Crippen molar-refractivity contribution in [1.82, 2.24) is 4.90 Å². The molecule has 1 saturated heterocycles. The number of primary amides is 1. The first-order valence-corrected chi connectivity index (χ1v) is 6.75. The van der Waals surface area contributed by atoms with E-state index in [0.29, 0.717) is 12.5 Å². The van der Waals surface area contributed by atoms with Gasteiger partial charge in [0.25, 0.3) is 0 Å². The summed E-state index contributed by atoms with van der Waals surface area (Å²) in [6.45, 7) is 4.52. The first kappa shape index (κ1) is 13.1. The second kappa shape index (κ2) is 6.01. The number of amides is 1. The largest absolute Gasteiger partial charge is 0.369 e. The number of hydrogen-bond donors (Lipinski definition) is 1. The van der Waals surface area contributed by atoms with Crippen LogP contribution in [0.1, 0.15) is 37.3 Å². The highest BCUT2D eigenvalue weighted by Gasteiger charge is 2.17. The van der Waals surface area contributed by atoms with Gasteiger partial charge < -0.3 is 5.73 Å². The fourth-order valence-corrected chi connectivity index (χ4v) is 2.59. The van der Waals surface area contributed by atoms with Crippen molar-refractivity contribution in [2.75, 3.05) is 6.54 Å². The molecule has 1 aromatic carbocycles. The fraction of sp³-hybridized carbons (Fsp3) is 0.533. The van der Waals surface area contributed by atoms with Gasteiger partial charge in [0.2, 0.25) is 5.91 Å². The molecule has 3 heteroatoms. The normalized spacial score (nSPS) is 20.8. The highest BCUT2D eigenvalue weighted by molar-refractivity contribution is 5.76. The molecule has 98 valence electrons. The molecule has 1 atom stereocenters. The first-order chi connectivity index (χ1) is 8.65. The highest BCUT2D eigenvalue weighted by atomic mass is 16.1. The predicted molar refractivity (Wildman–Crippen MR) is 73.1 cm³/mol. The van der Waals surface area contributed by atoms with Crippen LogP contribution >= 0.6 is 0 Å². The third-order valence-corrected chi connectivity index (χ3v) is 3.73. The average Bonchev–Trinajstić information content (AvgIpc) is 2.34. The monoisotopic (exact) mass is 246 g/mol. The van der Waals surface area contributed by atoms with Crippen molar-refractivity contribution in [3.8, 4) is 0 Å². The number of hydrogen-bond acceptors (Lipinski definition) is 2. The Morgan fingerprint density at radius 1 is 1.28 bits per heavy atom. The maximum absolute atomic E-state index is 10.8. The van der Waals surface area contributed by atoms with E-state index in [1.807, 2.05) is 12.1 Å². The van der Waals surface area contributed by atoms with E-state index in [0.717, 1.165) is 12.1 Å². The van der Waals surface area contributed by atoms with Crippen LogP contribution in [0.3, 0.4) is 0 Å². The summed E-state index contributed by atoms with van der Waals surface area (Å²) in [6, 6.07) is 8.92. The second-order valence-corrected chi connectivity index (χ2v) is 5.27. The zero-order chi connectivity index (χ0) is 13.0. The minimum Gasteiger partial charge on any atom is -0.369 e. The van der Waals surface area contributed by atoms with Crippen LogP contribution in [0.25, 0.3) is 0 Å². The van der Waals surface area contributed by atoms with Gasteiger partial charge in [0.1, 0.15) is 0 Å². The molecule has 1 heterocycles. The lowest BCUT2D eigenvalue weighted by molar-refractivity contribution is -0.117. The molecule has 1 amide bonds. The molecular weight excluding hydrogens is 224 g/mol. The van der Waals surface area contributed by atoms with Crippen molar-refractivity contribution in [1.29, 1.82) is 0 Å². The molecule has 0 aromatic heterocycles. The Morgan fingerprint density at radius 3 is 2.56 bits per heavy atom. The van der Waals surface area contributed by atoms with Gasteiger partial charge in [0.15, 0.2) is 0 Å². The van der Waals surface area contributed by atoms with Gasteiger partial charge in [-0.15, -0.1) is 0 Å². The number of carbonyl (C=O) groups excluding carboxylic acids is 1. The lowest BCUT2D eigenvalue weighted by Crippen LogP contribution is -2.36. The van der Waals surface area contributed by atoms with Crippen LogP contribution in [0.4, 0.5) is 0 Å². The third-order valence-electron chi connectivity index (χ3n) is 3.73. The Hall–Kier alpha value is -1.35. The molecule has 1 aromatic rings. The van der Waals surface area contributed by atoms with Crippen LogP contribution in [-0.2, 0) is 17.8 Å². The fourth-order valence-electron chi connectivity index (χ4n) is 2.59. The minimum atomic E-state index is -0.271. The third kappa shape index (κ3) is 3.57. The molecule has 0 radical (unpaired) electrons. The summed E-state index contributed by atoms with van der Waals surface area (Å²) in [4.78, 5) is 13.4. The number of likely N-dealkylation sites (tertiary alicyclic amines) is 1.